The van der Waals surface area contributed by atoms with E-state index in [0.29, 0.717) is 8.42 Å². The number of thiophene rings is 2. The largest absolute Gasteiger partial charge is 0.294 e. The molecule has 0 unspecified atom stereocenters. The molecule has 0 fully saturated rings. The molecule has 10 heteroatoms. The summed E-state index contributed by atoms with van der Waals surface area (Å²) in [6.45, 7) is 0. The Balaban J connectivity index is 2.12. The van der Waals surface area contributed by atoms with Gasteiger partial charge in [0, 0.05) is 12.1 Å². The van der Waals surface area contributed by atoms with E-state index < -0.39 is 9.85 Å². The molecule has 6 nitrogen and oxygen atoms in total. The molecule has 0 aliphatic rings. The maximum atomic E-state index is 10.7. The van der Waals surface area contributed by atoms with Crippen LogP contribution in [-0.2, 0) is 0 Å². The highest BCUT2D eigenvalue weighted by Crippen LogP contribution is 2.48. The van der Waals surface area contributed by atoms with Gasteiger partial charge in [-0.1, -0.05) is 0 Å². The summed E-state index contributed by atoms with van der Waals surface area (Å²) in [5.41, 5.74) is 0.0772. The van der Waals surface area contributed by atoms with Crippen LogP contribution in [0, 0.1) is 20.2 Å². The molecule has 0 amide bonds. The fraction of sp³-hybridized carbons (Fsp3) is 0. The first-order valence-corrected chi connectivity index (χ1v) is 8.29. The van der Waals surface area contributed by atoms with Crippen LogP contribution in [0.4, 0.5) is 11.4 Å². The highest BCUT2D eigenvalue weighted by molar-refractivity contribution is 8.77. The molecule has 2 aromatic rings. The van der Waals surface area contributed by atoms with E-state index in [0.717, 1.165) is 0 Å². The SMILES string of the molecule is O=[N+]([O-])c1ccsc1SSc1sccc1[N+](=O)[O-]. The lowest BCUT2D eigenvalue weighted by Gasteiger charge is -1.95. The second kappa shape index (κ2) is 5.69. The van der Waals surface area contributed by atoms with Crippen molar-refractivity contribution in [3.05, 3.63) is 43.1 Å². The maximum absolute atomic E-state index is 10.7. The van der Waals surface area contributed by atoms with Crippen LogP contribution < -0.4 is 0 Å². The zero-order chi connectivity index (χ0) is 13.1. The molecule has 0 saturated carbocycles. The summed E-state index contributed by atoms with van der Waals surface area (Å²) >= 11 is 2.50. The van der Waals surface area contributed by atoms with E-state index in [-0.39, 0.29) is 11.4 Å². The van der Waals surface area contributed by atoms with Crippen molar-refractivity contribution >= 4 is 55.6 Å². The Morgan fingerprint density at radius 1 is 0.889 bits per heavy atom. The van der Waals surface area contributed by atoms with Gasteiger partial charge in [0.1, 0.15) is 8.42 Å². The van der Waals surface area contributed by atoms with Crippen molar-refractivity contribution in [2.45, 2.75) is 8.42 Å². The van der Waals surface area contributed by atoms with Crippen molar-refractivity contribution < 1.29 is 9.85 Å². The molecule has 0 N–H and O–H groups in total. The summed E-state index contributed by atoms with van der Waals surface area (Å²) in [6.07, 6.45) is 0. The molecule has 0 spiro atoms. The number of nitrogens with zero attached hydrogens (tertiary/aromatic N) is 2. The van der Waals surface area contributed by atoms with Crippen LogP contribution in [0.2, 0.25) is 0 Å². The first-order chi connectivity index (χ1) is 8.59. The highest BCUT2D eigenvalue weighted by Gasteiger charge is 2.20. The van der Waals surface area contributed by atoms with Crippen molar-refractivity contribution in [3.63, 3.8) is 0 Å². The minimum absolute atomic E-state index is 0.0386. The van der Waals surface area contributed by atoms with Crippen molar-refractivity contribution in [1.29, 1.82) is 0 Å². The Morgan fingerprint density at radius 3 is 1.61 bits per heavy atom. The quantitative estimate of drug-likeness (QED) is 0.460. The third kappa shape index (κ3) is 2.83. The Morgan fingerprint density at radius 2 is 1.28 bits per heavy atom. The average molecular weight is 320 g/mol. The predicted molar refractivity (Wildman–Crippen MR) is 73.7 cm³/mol. The normalized spacial score (nSPS) is 10.4. The van der Waals surface area contributed by atoms with Gasteiger partial charge in [-0.05, 0) is 32.3 Å². The molecular weight excluding hydrogens is 316 g/mol. The van der Waals surface area contributed by atoms with Gasteiger partial charge in [0.25, 0.3) is 11.4 Å². The molecule has 2 heterocycles. The van der Waals surface area contributed by atoms with Crippen molar-refractivity contribution in [2.24, 2.45) is 0 Å². The van der Waals surface area contributed by atoms with E-state index in [1.165, 1.54) is 56.4 Å². The van der Waals surface area contributed by atoms with Crippen LogP contribution in [0.3, 0.4) is 0 Å². The predicted octanol–water partition coefficient (Wildman–Crippen LogP) is 4.43. The molecule has 0 aromatic carbocycles. The summed E-state index contributed by atoms with van der Waals surface area (Å²) in [6, 6.07) is 2.85. The van der Waals surface area contributed by atoms with Gasteiger partial charge in [-0.15, -0.1) is 22.7 Å². The van der Waals surface area contributed by atoms with Crippen LogP contribution in [0.5, 0.6) is 0 Å². The zero-order valence-electron chi connectivity index (χ0n) is 8.47. The molecule has 0 atom stereocenters. The van der Waals surface area contributed by atoms with Gasteiger partial charge < -0.3 is 0 Å². The average Bonchev–Trinajstić information content (AvgIpc) is 2.94. The van der Waals surface area contributed by atoms with E-state index in [1.807, 2.05) is 0 Å². The molecule has 0 bridgehead atoms. The molecule has 0 radical (unpaired) electrons. The first-order valence-electron chi connectivity index (χ1n) is 4.38. The molecule has 0 aliphatic heterocycles. The Labute approximate surface area is 117 Å². The molecule has 2 rings (SSSR count). The van der Waals surface area contributed by atoms with Crippen LogP contribution in [0.25, 0.3) is 0 Å². The number of hydrogen-bond acceptors (Lipinski definition) is 8. The van der Waals surface area contributed by atoms with Crippen LogP contribution in [0.1, 0.15) is 0 Å². The van der Waals surface area contributed by atoms with Crippen molar-refractivity contribution in [2.75, 3.05) is 0 Å². The molecular formula is C8H4N2O4S4. The minimum atomic E-state index is -0.456. The zero-order valence-corrected chi connectivity index (χ0v) is 11.7. The summed E-state index contributed by atoms with van der Waals surface area (Å²) in [7, 11) is 2.34. The smallest absolute Gasteiger partial charge is 0.258 e. The Bertz CT molecular complexity index is 541. The Hall–Kier alpha value is -1.10. The highest BCUT2D eigenvalue weighted by atomic mass is 33.1. The van der Waals surface area contributed by atoms with Crippen LogP contribution in [-0.4, -0.2) is 9.85 Å². The van der Waals surface area contributed by atoms with E-state index in [1.54, 1.807) is 10.8 Å². The number of rotatable bonds is 5. The standard InChI is InChI=1S/C8H4N2O4S4/c11-9(12)5-1-3-15-7(5)17-18-8-6(10(13)14)2-4-16-8/h1-4H. The molecule has 0 aliphatic carbocycles. The first kappa shape index (κ1) is 13.3. The second-order valence-corrected chi connectivity index (χ2v) is 7.37. The van der Waals surface area contributed by atoms with E-state index in [9.17, 15) is 20.2 Å². The lowest BCUT2D eigenvalue weighted by atomic mass is 10.6. The van der Waals surface area contributed by atoms with Gasteiger partial charge in [-0.3, -0.25) is 20.2 Å². The minimum Gasteiger partial charge on any atom is -0.258 e. The fourth-order valence-corrected chi connectivity index (χ4v) is 5.76. The summed E-state index contributed by atoms with van der Waals surface area (Å²) in [4.78, 5) is 20.5. The third-order valence-electron chi connectivity index (χ3n) is 1.81. The summed E-state index contributed by atoms with van der Waals surface area (Å²) < 4.78 is 1.07. The molecule has 2 aromatic heterocycles. The monoisotopic (exact) mass is 320 g/mol. The lowest BCUT2D eigenvalue weighted by Crippen LogP contribution is -1.86. The van der Waals surface area contributed by atoms with Gasteiger partial charge in [-0.2, -0.15) is 0 Å². The topological polar surface area (TPSA) is 86.3 Å². The summed E-state index contributed by atoms with van der Waals surface area (Å²) in [5, 5.41) is 24.7. The van der Waals surface area contributed by atoms with Gasteiger partial charge in [0.2, 0.25) is 0 Å². The van der Waals surface area contributed by atoms with Crippen LogP contribution in [0.15, 0.2) is 31.3 Å². The van der Waals surface area contributed by atoms with Gasteiger partial charge >= 0.3 is 0 Å². The van der Waals surface area contributed by atoms with Crippen molar-refractivity contribution in [3.8, 4) is 0 Å². The van der Waals surface area contributed by atoms with E-state index in [4.69, 9.17) is 0 Å². The molecule has 0 saturated heterocycles. The third-order valence-corrected chi connectivity index (χ3v) is 6.96. The molecule has 94 valence electrons. The van der Waals surface area contributed by atoms with Gasteiger partial charge in [0.15, 0.2) is 0 Å². The van der Waals surface area contributed by atoms with E-state index in [2.05, 4.69) is 0 Å². The van der Waals surface area contributed by atoms with Gasteiger partial charge in [0.05, 0.1) is 9.85 Å². The van der Waals surface area contributed by atoms with Crippen molar-refractivity contribution in [1.82, 2.24) is 0 Å². The Kier molecular flexibility index (Phi) is 4.22. The molecule has 18 heavy (non-hydrogen) atoms. The lowest BCUT2D eigenvalue weighted by molar-refractivity contribution is -0.387. The van der Waals surface area contributed by atoms with Gasteiger partial charge in [-0.25, -0.2) is 0 Å². The fourth-order valence-electron chi connectivity index (χ4n) is 1.05. The summed E-state index contributed by atoms with van der Waals surface area (Å²) in [5.74, 6) is 0. The number of hydrogen-bond donors (Lipinski definition) is 0. The number of nitro groups is 2. The maximum Gasteiger partial charge on any atom is 0.294 e. The van der Waals surface area contributed by atoms with Crippen LogP contribution >= 0.6 is 44.3 Å². The van der Waals surface area contributed by atoms with E-state index >= 15 is 0 Å². The second-order valence-electron chi connectivity index (χ2n) is 2.87.